The lowest BCUT2D eigenvalue weighted by Crippen LogP contribution is -2.49. The smallest absolute Gasteiger partial charge is 0.322 e. The minimum atomic E-state index is -4.01. The molecule has 0 amide bonds. The van der Waals surface area contributed by atoms with Crippen LogP contribution in [0, 0.1) is 16.7 Å². The maximum absolute atomic E-state index is 13.0. The van der Waals surface area contributed by atoms with Gasteiger partial charge in [0.25, 0.3) is 0 Å². The van der Waals surface area contributed by atoms with Crippen LogP contribution in [0.15, 0.2) is 29.3 Å². The number of carbonyl (C=O) groups is 2. The number of benzene rings is 1. The van der Waals surface area contributed by atoms with Crippen molar-refractivity contribution in [2.24, 2.45) is 33.2 Å². The standard InChI is InChI=1S/C24H36N4O6S/c1-23(2)17-9-10-24(23,20(29)14-17)15-35(32,33)28-19(21(30)31)13-16-5-7-18(8-6-16)34-12-4-3-11-27-22(25)26/h5-8,17,19,28H,3-4,9-15H2,1-2H3,(H,30,31)(H4,25,26,27)/t17?,19-,24?/m0/s1. The van der Waals surface area contributed by atoms with Gasteiger partial charge in [0.1, 0.15) is 17.6 Å². The first kappa shape index (κ1) is 26.9. The third-order valence-corrected chi connectivity index (χ3v) is 9.19. The maximum atomic E-state index is 13.0. The fourth-order valence-electron chi connectivity index (χ4n) is 5.44. The summed E-state index contributed by atoms with van der Waals surface area (Å²) in [6.45, 7) is 4.92. The van der Waals surface area contributed by atoms with Crippen LogP contribution in [0.4, 0.5) is 0 Å². The van der Waals surface area contributed by atoms with Gasteiger partial charge in [-0.15, -0.1) is 0 Å². The Morgan fingerprint density at radius 2 is 1.94 bits per heavy atom. The average molecular weight is 509 g/mol. The van der Waals surface area contributed by atoms with Crippen LogP contribution in [0.2, 0.25) is 0 Å². The number of hydrogen-bond acceptors (Lipinski definition) is 6. The van der Waals surface area contributed by atoms with E-state index < -0.39 is 32.9 Å². The summed E-state index contributed by atoms with van der Waals surface area (Å²) in [6, 6.07) is 5.52. The molecule has 0 saturated heterocycles. The SMILES string of the molecule is CC1(C)C2CCC1(CS(=O)(=O)N[C@@H](Cc1ccc(OCCCCN=C(N)N)cc1)C(=O)O)C(=O)C2. The summed E-state index contributed by atoms with van der Waals surface area (Å²) in [6.07, 6.45) is 3.26. The van der Waals surface area contributed by atoms with Gasteiger partial charge in [0.2, 0.25) is 10.0 Å². The zero-order valence-corrected chi connectivity index (χ0v) is 21.1. The largest absolute Gasteiger partial charge is 0.494 e. The third-order valence-electron chi connectivity index (χ3n) is 7.67. The van der Waals surface area contributed by atoms with Crippen molar-refractivity contribution in [1.29, 1.82) is 0 Å². The van der Waals surface area contributed by atoms with Gasteiger partial charge in [-0.3, -0.25) is 14.6 Å². The van der Waals surface area contributed by atoms with Gasteiger partial charge in [-0.1, -0.05) is 26.0 Å². The number of rotatable bonds is 13. The molecular weight excluding hydrogens is 472 g/mol. The molecular formula is C24H36N4O6S. The van der Waals surface area contributed by atoms with Crippen molar-refractivity contribution >= 4 is 27.7 Å². The fraction of sp³-hybridized carbons (Fsp3) is 0.625. The van der Waals surface area contributed by atoms with E-state index in [4.69, 9.17) is 16.2 Å². The highest BCUT2D eigenvalue weighted by atomic mass is 32.2. The number of unbranched alkanes of at least 4 members (excludes halogenated alkanes) is 1. The number of hydrogen-bond donors (Lipinski definition) is 4. The van der Waals surface area contributed by atoms with Crippen LogP contribution in [0.5, 0.6) is 5.75 Å². The quantitative estimate of drug-likeness (QED) is 0.176. The Bertz CT molecular complexity index is 1070. The predicted molar refractivity (Wildman–Crippen MR) is 132 cm³/mol. The molecule has 10 nitrogen and oxygen atoms in total. The van der Waals surface area contributed by atoms with E-state index >= 15 is 0 Å². The Kier molecular flexibility index (Phi) is 8.10. The number of carboxylic acid groups (broad SMARTS) is 1. The molecule has 35 heavy (non-hydrogen) atoms. The summed E-state index contributed by atoms with van der Waals surface area (Å²) >= 11 is 0. The average Bonchev–Trinajstić information content (AvgIpc) is 3.10. The van der Waals surface area contributed by atoms with Crippen LogP contribution in [0.25, 0.3) is 0 Å². The van der Waals surface area contributed by atoms with Gasteiger partial charge < -0.3 is 21.3 Å². The molecule has 1 aromatic carbocycles. The van der Waals surface area contributed by atoms with Crippen molar-refractivity contribution in [3.63, 3.8) is 0 Å². The van der Waals surface area contributed by atoms with Gasteiger partial charge >= 0.3 is 5.97 Å². The van der Waals surface area contributed by atoms with Gasteiger partial charge in [0, 0.05) is 18.4 Å². The Morgan fingerprint density at radius 1 is 1.26 bits per heavy atom. The van der Waals surface area contributed by atoms with Crippen molar-refractivity contribution in [2.75, 3.05) is 18.9 Å². The zero-order chi connectivity index (χ0) is 25.9. The van der Waals surface area contributed by atoms with E-state index in [0.29, 0.717) is 37.3 Å². The highest BCUT2D eigenvalue weighted by Crippen LogP contribution is 2.64. The summed E-state index contributed by atoms with van der Waals surface area (Å²) in [5.41, 5.74) is 9.83. The van der Waals surface area contributed by atoms with E-state index in [-0.39, 0.29) is 29.8 Å². The van der Waals surface area contributed by atoms with Gasteiger partial charge in [-0.25, -0.2) is 13.1 Å². The molecule has 0 heterocycles. The fourth-order valence-corrected chi connectivity index (χ4v) is 7.47. The lowest BCUT2D eigenvalue weighted by atomic mass is 9.70. The monoisotopic (exact) mass is 508 g/mol. The van der Waals surface area contributed by atoms with Crippen LogP contribution < -0.4 is 20.9 Å². The van der Waals surface area contributed by atoms with Gasteiger partial charge in [-0.2, -0.15) is 0 Å². The summed E-state index contributed by atoms with van der Waals surface area (Å²) in [5, 5.41) is 9.68. The van der Waals surface area contributed by atoms with Crippen LogP contribution >= 0.6 is 0 Å². The number of fused-ring (bicyclic) bond motifs is 2. The number of aliphatic imine (C=N–C) groups is 1. The number of ketones is 1. The van der Waals surface area contributed by atoms with Crippen molar-refractivity contribution in [1.82, 2.24) is 4.72 Å². The summed E-state index contributed by atoms with van der Waals surface area (Å²) in [7, 11) is -4.01. The number of aliphatic carboxylic acids is 1. The highest BCUT2D eigenvalue weighted by molar-refractivity contribution is 7.89. The van der Waals surface area contributed by atoms with Crippen LogP contribution in [0.3, 0.4) is 0 Å². The molecule has 2 bridgehead atoms. The molecule has 11 heteroatoms. The van der Waals surface area contributed by atoms with E-state index in [1.54, 1.807) is 24.3 Å². The number of nitrogens with two attached hydrogens (primary N) is 2. The Labute approximate surface area is 206 Å². The zero-order valence-electron chi connectivity index (χ0n) is 20.3. The highest BCUT2D eigenvalue weighted by Gasteiger charge is 2.65. The topological polar surface area (TPSA) is 174 Å². The Morgan fingerprint density at radius 3 is 2.49 bits per heavy atom. The molecule has 0 aromatic heterocycles. The number of Topliss-reactive ketones (excluding diaryl/α,β-unsaturated/α-hetero) is 1. The molecule has 2 saturated carbocycles. The van der Waals surface area contributed by atoms with E-state index in [9.17, 15) is 23.1 Å². The van der Waals surface area contributed by atoms with Crippen LogP contribution in [-0.2, 0) is 26.0 Å². The molecule has 0 aliphatic heterocycles. The third kappa shape index (κ3) is 6.13. The second-order valence-electron chi connectivity index (χ2n) is 10.1. The molecule has 2 aliphatic rings. The van der Waals surface area contributed by atoms with Crippen molar-refractivity contribution in [3.05, 3.63) is 29.8 Å². The molecule has 0 radical (unpaired) electrons. The first-order chi connectivity index (χ1) is 16.4. The van der Waals surface area contributed by atoms with Gasteiger partial charge in [-0.05, 0) is 61.1 Å². The van der Waals surface area contributed by atoms with Gasteiger partial charge in [0.05, 0.1) is 12.4 Å². The molecule has 194 valence electrons. The summed E-state index contributed by atoms with van der Waals surface area (Å²) in [5.74, 6) is -0.802. The predicted octanol–water partition coefficient (Wildman–Crippen LogP) is 1.43. The summed E-state index contributed by atoms with van der Waals surface area (Å²) in [4.78, 5) is 28.5. The minimum Gasteiger partial charge on any atom is -0.494 e. The van der Waals surface area contributed by atoms with Crippen LogP contribution in [0.1, 0.15) is 51.5 Å². The molecule has 6 N–H and O–H groups in total. The number of ether oxygens (including phenoxy) is 1. The normalized spacial score (nSPS) is 23.7. The number of sulfonamides is 1. The molecule has 0 spiro atoms. The summed E-state index contributed by atoms with van der Waals surface area (Å²) < 4.78 is 34.1. The number of carboxylic acids is 1. The molecule has 2 aliphatic carbocycles. The maximum Gasteiger partial charge on any atom is 0.322 e. The minimum absolute atomic E-state index is 0.0252. The lowest BCUT2D eigenvalue weighted by Gasteiger charge is -2.36. The second-order valence-corrected chi connectivity index (χ2v) is 11.9. The van der Waals surface area contributed by atoms with Crippen molar-refractivity contribution in [2.45, 2.75) is 58.4 Å². The lowest BCUT2D eigenvalue weighted by molar-refractivity contribution is -0.138. The van der Waals surface area contributed by atoms with E-state index in [1.165, 1.54) is 0 Å². The van der Waals surface area contributed by atoms with Crippen molar-refractivity contribution in [3.8, 4) is 5.75 Å². The van der Waals surface area contributed by atoms with Crippen LogP contribution in [-0.4, -0.2) is 56.2 Å². The first-order valence-corrected chi connectivity index (χ1v) is 13.5. The molecule has 3 atom stereocenters. The number of carbonyl (C=O) groups excluding carboxylic acids is 1. The molecule has 1 aromatic rings. The van der Waals surface area contributed by atoms with E-state index in [2.05, 4.69) is 9.71 Å². The molecule has 2 unspecified atom stereocenters. The Hall–Kier alpha value is -2.66. The number of nitrogens with zero attached hydrogens (tertiary/aromatic N) is 1. The van der Waals surface area contributed by atoms with E-state index in [1.807, 2.05) is 13.8 Å². The number of nitrogens with one attached hydrogen (secondary N) is 1. The molecule has 2 fully saturated rings. The van der Waals surface area contributed by atoms with Gasteiger partial charge in [0.15, 0.2) is 5.96 Å². The van der Waals surface area contributed by atoms with E-state index in [0.717, 1.165) is 19.3 Å². The van der Waals surface area contributed by atoms with Crippen molar-refractivity contribution < 1.29 is 27.9 Å². The number of guanidine groups is 1. The molecule has 3 rings (SSSR count). The second kappa shape index (κ2) is 10.5. The Balaban J connectivity index is 1.57. The first-order valence-electron chi connectivity index (χ1n) is 11.9.